The Bertz CT molecular complexity index is 144. The van der Waals surface area contributed by atoms with Crippen LogP contribution < -0.4 is 0 Å². The maximum Gasteiger partial charge on any atom is 0.213 e. The molecule has 0 saturated heterocycles. The van der Waals surface area contributed by atoms with Crippen LogP contribution in [0.1, 0.15) is 0 Å². The molecular weight excluding hydrogens is 196 g/mol. The number of ether oxygens (including phenoxy) is 1. The molecule has 14 heavy (non-hydrogen) atoms. The highest BCUT2D eigenvalue weighted by Gasteiger charge is 2.39. The van der Waals surface area contributed by atoms with E-state index in [1.807, 2.05) is 0 Å². The minimum atomic E-state index is -2.30. The van der Waals surface area contributed by atoms with Crippen molar-refractivity contribution in [3.05, 3.63) is 0 Å². The first kappa shape index (κ1) is 13.7. The predicted molar refractivity (Wildman–Crippen MR) is 44.2 cm³/mol. The van der Waals surface area contributed by atoms with Gasteiger partial charge in [-0.05, 0) is 0 Å². The highest BCUT2D eigenvalue weighted by atomic mass is 16.7. The Kier molecular flexibility index (Phi) is 5.45. The standard InChI is InChI=1S/C7H16O7/c8-1-6(2-9,3-10)14-7(13,4-11)5-12/h8-13H,1-5H2. The molecule has 0 bridgehead atoms. The molecule has 0 spiro atoms. The van der Waals surface area contributed by atoms with Crippen LogP contribution in [0.4, 0.5) is 0 Å². The van der Waals surface area contributed by atoms with Crippen LogP contribution in [0.3, 0.4) is 0 Å². The molecule has 0 fully saturated rings. The van der Waals surface area contributed by atoms with Crippen molar-refractivity contribution in [3.8, 4) is 0 Å². The summed E-state index contributed by atoms with van der Waals surface area (Å²) >= 11 is 0. The van der Waals surface area contributed by atoms with Crippen molar-refractivity contribution in [2.75, 3.05) is 33.0 Å². The summed E-state index contributed by atoms with van der Waals surface area (Å²) in [5.41, 5.74) is -1.79. The Morgan fingerprint density at radius 1 is 0.714 bits per heavy atom. The highest BCUT2D eigenvalue weighted by Crippen LogP contribution is 2.18. The predicted octanol–water partition coefficient (Wildman–Crippen LogP) is -3.61. The summed E-state index contributed by atoms with van der Waals surface area (Å²) in [6, 6.07) is 0. The highest BCUT2D eigenvalue weighted by molar-refractivity contribution is 4.82. The van der Waals surface area contributed by atoms with Crippen molar-refractivity contribution >= 4 is 0 Å². The second-order valence-electron chi connectivity index (χ2n) is 3.02. The molecule has 0 aromatic rings. The van der Waals surface area contributed by atoms with Gasteiger partial charge in [0.25, 0.3) is 0 Å². The summed E-state index contributed by atoms with van der Waals surface area (Å²) in [7, 11) is 0. The SMILES string of the molecule is OCC(O)(CO)OC(CO)(CO)CO. The smallest absolute Gasteiger partial charge is 0.213 e. The lowest BCUT2D eigenvalue weighted by atomic mass is 10.1. The van der Waals surface area contributed by atoms with Crippen molar-refractivity contribution < 1.29 is 35.4 Å². The van der Waals surface area contributed by atoms with Crippen LogP contribution in [0.5, 0.6) is 0 Å². The summed E-state index contributed by atoms with van der Waals surface area (Å²) in [5.74, 6) is -2.30. The van der Waals surface area contributed by atoms with Crippen LogP contribution in [0.15, 0.2) is 0 Å². The Labute approximate surface area is 80.8 Å². The zero-order valence-electron chi connectivity index (χ0n) is 7.63. The summed E-state index contributed by atoms with van der Waals surface area (Å²) in [6.07, 6.45) is 0. The van der Waals surface area contributed by atoms with Gasteiger partial charge in [0.2, 0.25) is 5.79 Å². The summed E-state index contributed by atoms with van der Waals surface area (Å²) in [4.78, 5) is 0. The van der Waals surface area contributed by atoms with Gasteiger partial charge in [-0.1, -0.05) is 0 Å². The van der Waals surface area contributed by atoms with Gasteiger partial charge >= 0.3 is 0 Å². The number of aliphatic hydroxyl groups is 6. The van der Waals surface area contributed by atoms with E-state index in [1.54, 1.807) is 0 Å². The first-order valence-corrected chi connectivity index (χ1v) is 3.98. The van der Waals surface area contributed by atoms with Crippen molar-refractivity contribution in [3.63, 3.8) is 0 Å². The molecule has 0 rings (SSSR count). The molecule has 7 heteroatoms. The lowest BCUT2D eigenvalue weighted by Gasteiger charge is -2.36. The minimum Gasteiger partial charge on any atom is -0.393 e. The Balaban J connectivity index is 4.56. The van der Waals surface area contributed by atoms with Crippen LogP contribution >= 0.6 is 0 Å². The Morgan fingerprint density at radius 2 is 1.07 bits per heavy atom. The van der Waals surface area contributed by atoms with Crippen molar-refractivity contribution in [1.29, 1.82) is 0 Å². The quantitative estimate of drug-likeness (QED) is 0.240. The lowest BCUT2D eigenvalue weighted by Crippen LogP contribution is -2.55. The van der Waals surface area contributed by atoms with E-state index in [-0.39, 0.29) is 0 Å². The molecule has 0 saturated carbocycles. The summed E-state index contributed by atoms with van der Waals surface area (Å²) in [6.45, 7) is -4.14. The van der Waals surface area contributed by atoms with Gasteiger partial charge in [-0.25, -0.2) is 0 Å². The van der Waals surface area contributed by atoms with E-state index in [9.17, 15) is 5.11 Å². The number of rotatable bonds is 7. The molecule has 0 aromatic carbocycles. The van der Waals surface area contributed by atoms with E-state index >= 15 is 0 Å². The van der Waals surface area contributed by atoms with Gasteiger partial charge in [0.1, 0.15) is 5.60 Å². The maximum absolute atomic E-state index is 9.30. The third-order valence-electron chi connectivity index (χ3n) is 1.77. The molecule has 6 N–H and O–H groups in total. The molecule has 0 heterocycles. The molecule has 0 atom stereocenters. The van der Waals surface area contributed by atoms with Crippen LogP contribution in [-0.2, 0) is 4.74 Å². The van der Waals surface area contributed by atoms with Crippen LogP contribution in [0, 0.1) is 0 Å². The Morgan fingerprint density at radius 3 is 1.29 bits per heavy atom. The second-order valence-corrected chi connectivity index (χ2v) is 3.02. The van der Waals surface area contributed by atoms with E-state index in [0.29, 0.717) is 0 Å². The van der Waals surface area contributed by atoms with E-state index in [4.69, 9.17) is 25.5 Å². The largest absolute Gasteiger partial charge is 0.393 e. The molecule has 0 aliphatic carbocycles. The van der Waals surface area contributed by atoms with E-state index in [1.165, 1.54) is 0 Å². The first-order valence-electron chi connectivity index (χ1n) is 3.98. The van der Waals surface area contributed by atoms with Gasteiger partial charge in [-0.2, -0.15) is 0 Å². The number of aliphatic hydroxyl groups excluding tert-OH is 5. The zero-order chi connectivity index (χ0) is 11.2. The zero-order valence-corrected chi connectivity index (χ0v) is 7.63. The lowest BCUT2D eigenvalue weighted by molar-refractivity contribution is -0.312. The van der Waals surface area contributed by atoms with E-state index < -0.39 is 44.4 Å². The molecule has 0 aliphatic heterocycles. The third-order valence-corrected chi connectivity index (χ3v) is 1.77. The molecule has 7 nitrogen and oxygen atoms in total. The van der Waals surface area contributed by atoms with Crippen LogP contribution in [0.2, 0.25) is 0 Å². The number of hydrogen-bond acceptors (Lipinski definition) is 7. The van der Waals surface area contributed by atoms with Crippen LogP contribution in [-0.4, -0.2) is 75.1 Å². The fourth-order valence-corrected chi connectivity index (χ4v) is 0.764. The van der Waals surface area contributed by atoms with E-state index in [2.05, 4.69) is 4.74 Å². The fourth-order valence-electron chi connectivity index (χ4n) is 0.764. The van der Waals surface area contributed by atoms with Crippen molar-refractivity contribution in [2.45, 2.75) is 11.4 Å². The van der Waals surface area contributed by atoms with Gasteiger partial charge in [0.15, 0.2) is 0 Å². The van der Waals surface area contributed by atoms with Gasteiger partial charge in [0, 0.05) is 0 Å². The monoisotopic (exact) mass is 212 g/mol. The Hall–Kier alpha value is -0.280. The van der Waals surface area contributed by atoms with Gasteiger partial charge in [-0.15, -0.1) is 0 Å². The second kappa shape index (κ2) is 5.56. The molecule has 0 aromatic heterocycles. The fraction of sp³-hybridized carbons (Fsp3) is 1.00. The first-order chi connectivity index (χ1) is 6.51. The average molecular weight is 212 g/mol. The molecule has 86 valence electrons. The molecule has 0 aliphatic rings. The van der Waals surface area contributed by atoms with Gasteiger partial charge in [-0.3, -0.25) is 0 Å². The van der Waals surface area contributed by atoms with E-state index in [0.717, 1.165) is 0 Å². The average Bonchev–Trinajstić information content (AvgIpc) is 2.26. The minimum absolute atomic E-state index is 0.762. The molecule has 0 amide bonds. The topological polar surface area (TPSA) is 131 Å². The van der Waals surface area contributed by atoms with Gasteiger partial charge in [0.05, 0.1) is 33.0 Å². The third kappa shape index (κ3) is 3.14. The van der Waals surface area contributed by atoms with Gasteiger partial charge < -0.3 is 35.4 Å². The number of hydrogen-bond donors (Lipinski definition) is 6. The molecule has 0 radical (unpaired) electrons. The maximum atomic E-state index is 9.30. The van der Waals surface area contributed by atoms with Crippen molar-refractivity contribution in [1.82, 2.24) is 0 Å². The summed E-state index contributed by atoms with van der Waals surface area (Å²) < 4.78 is 4.68. The van der Waals surface area contributed by atoms with Crippen LogP contribution in [0.25, 0.3) is 0 Å². The normalized spacial score (nSPS) is 13.3. The molecular formula is C7H16O7. The van der Waals surface area contributed by atoms with Crippen molar-refractivity contribution in [2.24, 2.45) is 0 Å². The molecule has 0 unspecified atom stereocenters. The summed E-state index contributed by atoms with van der Waals surface area (Å²) in [5, 5.41) is 53.0.